The van der Waals surface area contributed by atoms with Crippen molar-refractivity contribution in [3.63, 3.8) is 0 Å². The normalized spacial score (nSPS) is 17.9. The third-order valence-corrected chi connectivity index (χ3v) is 6.79. The summed E-state index contributed by atoms with van der Waals surface area (Å²) in [5.41, 5.74) is 6.95. The largest absolute Gasteiger partial charge is 0.384 e. The lowest BCUT2D eigenvalue weighted by Crippen LogP contribution is -2.40. The van der Waals surface area contributed by atoms with E-state index in [1.807, 2.05) is 6.92 Å². The van der Waals surface area contributed by atoms with E-state index in [0.717, 1.165) is 19.4 Å². The SMILES string of the molecule is CCOC1CCCN(c2ncnc3c(S(=O)(=O)c4ccccc4)c(N)[nH]c23)C1. The smallest absolute Gasteiger partial charge is 0.212 e. The number of benzene rings is 1. The number of anilines is 2. The van der Waals surface area contributed by atoms with Crippen molar-refractivity contribution < 1.29 is 13.2 Å². The van der Waals surface area contributed by atoms with Crippen LogP contribution in [0.3, 0.4) is 0 Å². The Kier molecular flexibility index (Phi) is 4.94. The number of nitrogens with one attached hydrogen (secondary N) is 1. The number of nitrogens with zero attached hydrogens (tertiary/aromatic N) is 3. The highest BCUT2D eigenvalue weighted by Gasteiger charge is 2.30. The van der Waals surface area contributed by atoms with Crippen LogP contribution in [-0.4, -0.2) is 49.2 Å². The zero-order valence-corrected chi connectivity index (χ0v) is 16.4. The topological polar surface area (TPSA) is 114 Å². The van der Waals surface area contributed by atoms with Crippen LogP contribution in [0.4, 0.5) is 11.6 Å². The molecule has 1 aliphatic heterocycles. The van der Waals surface area contributed by atoms with E-state index in [9.17, 15) is 8.42 Å². The molecule has 148 valence electrons. The van der Waals surface area contributed by atoms with Gasteiger partial charge in [0.1, 0.15) is 28.1 Å². The molecule has 9 heteroatoms. The molecule has 28 heavy (non-hydrogen) atoms. The lowest BCUT2D eigenvalue weighted by molar-refractivity contribution is 0.0525. The van der Waals surface area contributed by atoms with Crippen LogP contribution >= 0.6 is 0 Å². The van der Waals surface area contributed by atoms with Crippen molar-refractivity contribution in [3.8, 4) is 0 Å². The van der Waals surface area contributed by atoms with E-state index < -0.39 is 9.84 Å². The first-order valence-electron chi connectivity index (χ1n) is 9.31. The molecule has 1 aromatic carbocycles. The van der Waals surface area contributed by atoms with Gasteiger partial charge in [0.25, 0.3) is 0 Å². The number of aromatic amines is 1. The highest BCUT2D eigenvalue weighted by molar-refractivity contribution is 7.92. The Balaban J connectivity index is 1.80. The molecule has 1 fully saturated rings. The molecule has 0 aliphatic carbocycles. The zero-order valence-electron chi connectivity index (χ0n) is 15.6. The molecular weight excluding hydrogens is 378 g/mol. The first-order chi connectivity index (χ1) is 13.5. The number of aromatic nitrogens is 3. The van der Waals surface area contributed by atoms with Crippen LogP contribution in [-0.2, 0) is 14.6 Å². The second-order valence-electron chi connectivity index (χ2n) is 6.77. The van der Waals surface area contributed by atoms with Crippen molar-refractivity contribution in [2.24, 2.45) is 0 Å². The minimum absolute atomic E-state index is 0.00397. The molecule has 0 amide bonds. The number of H-pyrrole nitrogens is 1. The van der Waals surface area contributed by atoms with Gasteiger partial charge in [-0.1, -0.05) is 18.2 Å². The number of hydrogen-bond acceptors (Lipinski definition) is 7. The molecule has 1 unspecified atom stereocenters. The first-order valence-corrected chi connectivity index (χ1v) is 10.8. The van der Waals surface area contributed by atoms with Crippen LogP contribution in [0.5, 0.6) is 0 Å². The Labute approximate surface area is 163 Å². The van der Waals surface area contributed by atoms with Crippen LogP contribution in [0, 0.1) is 0 Å². The molecule has 0 saturated carbocycles. The molecule has 3 N–H and O–H groups in total. The third kappa shape index (κ3) is 3.20. The number of piperidine rings is 1. The van der Waals surface area contributed by atoms with Crippen molar-refractivity contribution in [1.82, 2.24) is 15.0 Å². The minimum atomic E-state index is -3.81. The molecule has 3 aromatic rings. The monoisotopic (exact) mass is 401 g/mol. The van der Waals surface area contributed by atoms with E-state index in [0.29, 0.717) is 30.0 Å². The highest BCUT2D eigenvalue weighted by Crippen LogP contribution is 2.35. The molecule has 0 spiro atoms. The number of ether oxygens (including phenoxy) is 1. The third-order valence-electron chi connectivity index (χ3n) is 4.95. The molecule has 8 nitrogen and oxygen atoms in total. The highest BCUT2D eigenvalue weighted by atomic mass is 32.2. The summed E-state index contributed by atoms with van der Waals surface area (Å²) in [5, 5.41) is 0. The summed E-state index contributed by atoms with van der Waals surface area (Å²) in [5.74, 6) is 0.717. The van der Waals surface area contributed by atoms with Crippen molar-refractivity contribution in [3.05, 3.63) is 36.7 Å². The number of sulfone groups is 1. The van der Waals surface area contributed by atoms with Gasteiger partial charge >= 0.3 is 0 Å². The number of fused-ring (bicyclic) bond motifs is 1. The van der Waals surface area contributed by atoms with E-state index in [1.165, 1.54) is 6.33 Å². The Bertz CT molecular complexity index is 1080. The van der Waals surface area contributed by atoms with Crippen LogP contribution < -0.4 is 10.6 Å². The van der Waals surface area contributed by atoms with E-state index in [1.54, 1.807) is 30.3 Å². The Morgan fingerprint density at radius 1 is 1.29 bits per heavy atom. The first kappa shape index (κ1) is 18.7. The van der Waals surface area contributed by atoms with Gasteiger partial charge in [0.2, 0.25) is 9.84 Å². The maximum Gasteiger partial charge on any atom is 0.212 e. The summed E-state index contributed by atoms with van der Waals surface area (Å²) < 4.78 is 32.1. The summed E-state index contributed by atoms with van der Waals surface area (Å²) in [6.45, 7) is 4.15. The van der Waals surface area contributed by atoms with E-state index in [-0.39, 0.29) is 21.7 Å². The predicted molar refractivity (Wildman–Crippen MR) is 107 cm³/mol. The van der Waals surface area contributed by atoms with E-state index in [2.05, 4.69) is 19.9 Å². The van der Waals surface area contributed by atoms with Crippen LogP contribution in [0.25, 0.3) is 11.0 Å². The van der Waals surface area contributed by atoms with Crippen molar-refractivity contribution >= 4 is 32.5 Å². The Morgan fingerprint density at radius 3 is 2.82 bits per heavy atom. The molecule has 4 rings (SSSR count). The van der Waals surface area contributed by atoms with Gasteiger partial charge in [0.15, 0.2) is 5.82 Å². The molecule has 0 radical (unpaired) electrons. The maximum absolute atomic E-state index is 13.2. The lowest BCUT2D eigenvalue weighted by atomic mass is 10.1. The van der Waals surface area contributed by atoms with Gasteiger partial charge in [0.05, 0.1) is 11.0 Å². The number of nitrogens with two attached hydrogens (primary N) is 1. The number of nitrogen functional groups attached to an aromatic ring is 1. The molecule has 2 aromatic heterocycles. The molecule has 3 heterocycles. The van der Waals surface area contributed by atoms with E-state index >= 15 is 0 Å². The molecule has 1 saturated heterocycles. The van der Waals surface area contributed by atoms with Crippen molar-refractivity contribution in [2.75, 3.05) is 30.3 Å². The van der Waals surface area contributed by atoms with Gasteiger partial charge in [-0.2, -0.15) is 0 Å². The fourth-order valence-electron chi connectivity index (χ4n) is 3.71. The number of rotatable bonds is 5. The van der Waals surface area contributed by atoms with Gasteiger partial charge in [0, 0.05) is 19.7 Å². The fraction of sp³-hybridized carbons (Fsp3) is 0.368. The average molecular weight is 401 g/mol. The van der Waals surface area contributed by atoms with Crippen molar-refractivity contribution in [2.45, 2.75) is 35.7 Å². The maximum atomic E-state index is 13.2. The van der Waals surface area contributed by atoms with Crippen molar-refractivity contribution in [1.29, 1.82) is 0 Å². The second kappa shape index (κ2) is 7.40. The predicted octanol–water partition coefficient (Wildman–Crippen LogP) is 2.38. The lowest BCUT2D eigenvalue weighted by Gasteiger charge is -2.33. The summed E-state index contributed by atoms with van der Waals surface area (Å²) in [7, 11) is -3.81. The Hall–Kier alpha value is -2.65. The second-order valence-corrected chi connectivity index (χ2v) is 8.66. The average Bonchev–Trinajstić information content (AvgIpc) is 3.05. The van der Waals surface area contributed by atoms with Gasteiger partial charge in [-0.15, -0.1) is 0 Å². The van der Waals surface area contributed by atoms with Gasteiger partial charge in [-0.05, 0) is 31.9 Å². The summed E-state index contributed by atoms with van der Waals surface area (Å²) >= 11 is 0. The minimum Gasteiger partial charge on any atom is -0.384 e. The Morgan fingerprint density at radius 2 is 2.07 bits per heavy atom. The molecular formula is C19H23N5O3S. The number of hydrogen-bond donors (Lipinski definition) is 2. The standard InChI is InChI=1S/C19H23N5O3S/c1-2-27-13-7-6-10-24(11-13)19-16-15(21-12-22-19)17(18(20)23-16)28(25,26)14-8-4-3-5-9-14/h3-5,8-9,12-13,23H,2,6-7,10-11,20H2,1H3. The quantitative estimate of drug-likeness (QED) is 0.674. The zero-order chi connectivity index (χ0) is 19.7. The molecule has 0 bridgehead atoms. The van der Waals surface area contributed by atoms with Crippen LogP contribution in [0.2, 0.25) is 0 Å². The van der Waals surface area contributed by atoms with Gasteiger partial charge in [-0.25, -0.2) is 18.4 Å². The van der Waals surface area contributed by atoms with Crippen LogP contribution in [0.15, 0.2) is 46.5 Å². The van der Waals surface area contributed by atoms with Gasteiger partial charge < -0.3 is 20.4 Å². The molecule has 1 atom stereocenters. The summed E-state index contributed by atoms with van der Waals surface area (Å²) in [6, 6.07) is 8.23. The molecule has 1 aliphatic rings. The summed E-state index contributed by atoms with van der Waals surface area (Å²) in [6.07, 6.45) is 3.49. The van der Waals surface area contributed by atoms with Gasteiger partial charge in [-0.3, -0.25) is 0 Å². The van der Waals surface area contributed by atoms with Crippen LogP contribution in [0.1, 0.15) is 19.8 Å². The van der Waals surface area contributed by atoms with E-state index in [4.69, 9.17) is 10.5 Å². The fourth-order valence-corrected chi connectivity index (χ4v) is 5.22. The summed E-state index contributed by atoms with van der Waals surface area (Å²) in [4.78, 5) is 13.9.